The van der Waals surface area contributed by atoms with Gasteiger partial charge in [0, 0.05) is 13.1 Å². The number of benzene rings is 1. The summed E-state index contributed by atoms with van der Waals surface area (Å²) in [5.41, 5.74) is -0.430. The van der Waals surface area contributed by atoms with E-state index in [1.165, 1.54) is 23.5 Å². The minimum Gasteiger partial charge on any atom is -0.207 e. The van der Waals surface area contributed by atoms with Gasteiger partial charge in [0.15, 0.2) is 0 Å². The van der Waals surface area contributed by atoms with E-state index in [0.29, 0.717) is 12.8 Å². The van der Waals surface area contributed by atoms with Gasteiger partial charge in [-0.1, -0.05) is 19.9 Å². The van der Waals surface area contributed by atoms with Gasteiger partial charge in [0.05, 0.1) is 0 Å². The summed E-state index contributed by atoms with van der Waals surface area (Å²) in [4.78, 5) is -0.274. The highest BCUT2D eigenvalue weighted by molar-refractivity contribution is 7.89. The zero-order valence-electron chi connectivity index (χ0n) is 11.2. The van der Waals surface area contributed by atoms with Crippen molar-refractivity contribution in [1.29, 1.82) is 5.26 Å². The quantitative estimate of drug-likeness (QED) is 0.834. The lowest BCUT2D eigenvalue weighted by Crippen LogP contribution is -2.36. The van der Waals surface area contributed by atoms with Crippen LogP contribution in [0.5, 0.6) is 0 Å². The molecule has 0 bridgehead atoms. The van der Waals surface area contributed by atoms with Gasteiger partial charge in [0.1, 0.15) is 22.3 Å². The normalized spacial score (nSPS) is 11.8. The van der Waals surface area contributed by atoms with Gasteiger partial charge in [-0.2, -0.15) is 9.57 Å². The average Bonchev–Trinajstić information content (AvgIpc) is 2.39. The summed E-state index contributed by atoms with van der Waals surface area (Å²) >= 11 is 0. The van der Waals surface area contributed by atoms with Crippen molar-refractivity contribution in [3.63, 3.8) is 0 Å². The first kappa shape index (κ1) is 15.6. The number of hydrogen-bond acceptors (Lipinski definition) is 3. The number of sulfonamides is 1. The van der Waals surface area contributed by atoms with Gasteiger partial charge in [0.2, 0.25) is 10.0 Å². The summed E-state index contributed by atoms with van der Waals surface area (Å²) in [7, 11) is -2.40. The van der Waals surface area contributed by atoms with Crippen LogP contribution < -0.4 is 0 Å². The molecule has 0 aromatic heterocycles. The zero-order chi connectivity index (χ0) is 14.6. The van der Waals surface area contributed by atoms with Crippen molar-refractivity contribution in [2.75, 3.05) is 7.05 Å². The molecule has 1 aromatic rings. The van der Waals surface area contributed by atoms with Gasteiger partial charge >= 0.3 is 0 Å². The molecule has 19 heavy (non-hydrogen) atoms. The van der Waals surface area contributed by atoms with E-state index < -0.39 is 21.4 Å². The molecule has 0 radical (unpaired) electrons. The second-order valence-electron chi connectivity index (χ2n) is 4.22. The van der Waals surface area contributed by atoms with Crippen molar-refractivity contribution in [2.45, 2.75) is 37.6 Å². The highest BCUT2D eigenvalue weighted by Gasteiger charge is 2.29. The first-order valence-electron chi connectivity index (χ1n) is 6.06. The first-order valence-corrected chi connectivity index (χ1v) is 7.50. The average molecular weight is 284 g/mol. The van der Waals surface area contributed by atoms with Crippen LogP contribution in [0.15, 0.2) is 23.1 Å². The smallest absolute Gasteiger partial charge is 0.207 e. The van der Waals surface area contributed by atoms with Gasteiger partial charge in [-0.3, -0.25) is 0 Å². The predicted octanol–water partition coefficient (Wildman–Crippen LogP) is 2.51. The van der Waals surface area contributed by atoms with Crippen molar-refractivity contribution in [1.82, 2.24) is 4.31 Å². The van der Waals surface area contributed by atoms with Crippen LogP contribution in [0.1, 0.15) is 32.3 Å². The molecule has 4 nitrogen and oxygen atoms in total. The molecule has 0 N–H and O–H groups in total. The monoisotopic (exact) mass is 284 g/mol. The Balaban J connectivity index is 3.37. The Morgan fingerprint density at radius 1 is 1.37 bits per heavy atom. The molecule has 0 amide bonds. The molecular formula is C13H17FN2O2S. The van der Waals surface area contributed by atoms with Gasteiger partial charge in [-0.25, -0.2) is 12.8 Å². The number of nitriles is 1. The summed E-state index contributed by atoms with van der Waals surface area (Å²) in [5.74, 6) is -0.818. The van der Waals surface area contributed by atoms with E-state index in [4.69, 9.17) is 5.26 Å². The molecule has 0 unspecified atom stereocenters. The Kier molecular flexibility index (Phi) is 5.04. The van der Waals surface area contributed by atoms with E-state index in [0.717, 1.165) is 6.07 Å². The Labute approximate surface area is 113 Å². The third-order valence-electron chi connectivity index (χ3n) is 3.20. The lowest BCUT2D eigenvalue weighted by Gasteiger charge is -2.25. The summed E-state index contributed by atoms with van der Waals surface area (Å²) in [6.45, 7) is 3.77. The van der Waals surface area contributed by atoms with Crippen LogP contribution in [0.2, 0.25) is 0 Å². The Morgan fingerprint density at radius 2 is 1.95 bits per heavy atom. The molecule has 0 aliphatic heterocycles. The molecule has 0 heterocycles. The van der Waals surface area contributed by atoms with E-state index in [-0.39, 0.29) is 10.9 Å². The summed E-state index contributed by atoms with van der Waals surface area (Å²) in [5, 5.41) is 8.92. The Morgan fingerprint density at radius 3 is 2.42 bits per heavy atom. The number of rotatable bonds is 5. The molecule has 0 saturated carbocycles. The lowest BCUT2D eigenvalue weighted by atomic mass is 10.2. The van der Waals surface area contributed by atoms with Crippen LogP contribution in [-0.4, -0.2) is 25.8 Å². The van der Waals surface area contributed by atoms with Gasteiger partial charge in [-0.15, -0.1) is 0 Å². The summed E-state index contributed by atoms with van der Waals surface area (Å²) in [6.07, 6.45) is 1.31. The molecule has 0 aliphatic carbocycles. The molecule has 0 aliphatic rings. The minimum absolute atomic E-state index is 0.167. The highest BCUT2D eigenvalue weighted by atomic mass is 32.2. The van der Waals surface area contributed by atoms with Gasteiger partial charge in [-0.05, 0) is 25.0 Å². The van der Waals surface area contributed by atoms with E-state index in [9.17, 15) is 12.8 Å². The molecule has 1 rings (SSSR count). The first-order chi connectivity index (χ1) is 8.89. The molecule has 6 heteroatoms. The number of nitrogens with zero attached hydrogens (tertiary/aromatic N) is 2. The molecule has 0 atom stereocenters. The molecule has 0 fully saturated rings. The third-order valence-corrected chi connectivity index (χ3v) is 5.15. The Bertz CT molecular complexity index is 589. The summed E-state index contributed by atoms with van der Waals surface area (Å²) < 4.78 is 39.6. The molecular weight excluding hydrogens is 267 g/mol. The molecule has 1 aromatic carbocycles. The van der Waals surface area contributed by atoms with Gasteiger partial charge in [0.25, 0.3) is 0 Å². The summed E-state index contributed by atoms with van der Waals surface area (Å²) in [6, 6.07) is 5.09. The topological polar surface area (TPSA) is 61.2 Å². The van der Waals surface area contributed by atoms with Crippen LogP contribution in [0.4, 0.5) is 4.39 Å². The van der Waals surface area contributed by atoms with Crippen molar-refractivity contribution in [2.24, 2.45) is 0 Å². The maximum absolute atomic E-state index is 13.5. The van der Waals surface area contributed by atoms with Crippen LogP contribution in [0.3, 0.4) is 0 Å². The van der Waals surface area contributed by atoms with Crippen molar-refractivity contribution in [3.05, 3.63) is 29.6 Å². The second-order valence-corrected chi connectivity index (χ2v) is 6.18. The zero-order valence-corrected chi connectivity index (χ0v) is 12.0. The largest absolute Gasteiger partial charge is 0.244 e. The van der Waals surface area contributed by atoms with Crippen LogP contribution in [0, 0.1) is 17.1 Å². The van der Waals surface area contributed by atoms with Crippen molar-refractivity contribution in [3.8, 4) is 6.07 Å². The minimum atomic E-state index is -3.86. The van der Waals surface area contributed by atoms with Crippen LogP contribution in [-0.2, 0) is 10.0 Å². The number of halogens is 1. The van der Waals surface area contributed by atoms with E-state index in [2.05, 4.69) is 0 Å². The van der Waals surface area contributed by atoms with E-state index in [1.807, 2.05) is 13.8 Å². The number of hydrogen-bond donors (Lipinski definition) is 0. The second kappa shape index (κ2) is 6.13. The van der Waals surface area contributed by atoms with E-state index in [1.54, 1.807) is 6.07 Å². The highest BCUT2D eigenvalue weighted by Crippen LogP contribution is 2.24. The van der Waals surface area contributed by atoms with E-state index >= 15 is 0 Å². The maximum Gasteiger partial charge on any atom is 0.244 e. The molecule has 0 spiro atoms. The fourth-order valence-corrected chi connectivity index (χ4v) is 3.63. The van der Waals surface area contributed by atoms with Crippen molar-refractivity contribution < 1.29 is 12.8 Å². The van der Waals surface area contributed by atoms with Crippen LogP contribution >= 0.6 is 0 Å². The van der Waals surface area contributed by atoms with Gasteiger partial charge < -0.3 is 0 Å². The molecule has 104 valence electrons. The SMILES string of the molecule is CCC(CC)N(C)S(=O)(=O)c1cccc(F)c1C#N. The molecule has 0 saturated heterocycles. The maximum atomic E-state index is 13.5. The van der Waals surface area contributed by atoms with Crippen molar-refractivity contribution >= 4 is 10.0 Å². The fourth-order valence-electron chi connectivity index (χ4n) is 1.98. The standard InChI is InChI=1S/C13H17FN2O2S/c1-4-10(5-2)16(3)19(17,18)13-8-6-7-12(14)11(13)9-15/h6-8,10H,4-5H2,1-3H3. The lowest BCUT2D eigenvalue weighted by molar-refractivity contribution is 0.349. The fraction of sp³-hybridized carbons (Fsp3) is 0.462. The third kappa shape index (κ3) is 2.94. The predicted molar refractivity (Wildman–Crippen MR) is 70.4 cm³/mol. The Hall–Kier alpha value is -1.45. The van der Waals surface area contributed by atoms with Crippen LogP contribution in [0.25, 0.3) is 0 Å².